The van der Waals surface area contributed by atoms with E-state index >= 15 is 0 Å². The van der Waals surface area contributed by atoms with E-state index in [1.807, 2.05) is 48.7 Å². The van der Waals surface area contributed by atoms with Crippen LogP contribution in [0.2, 0.25) is 0 Å². The molecule has 12 atom stereocenters. The molecule has 13 nitrogen and oxygen atoms in total. The third kappa shape index (κ3) is 7.32. The lowest BCUT2D eigenvalue weighted by Crippen LogP contribution is -2.61. The van der Waals surface area contributed by atoms with Gasteiger partial charge in [-0.15, -0.1) is 0 Å². The lowest BCUT2D eigenvalue weighted by molar-refractivity contribution is -0.289. The minimum Gasteiger partial charge on any atom is -0.460 e. The van der Waals surface area contributed by atoms with Gasteiger partial charge in [0.05, 0.1) is 29.5 Å². The van der Waals surface area contributed by atoms with Crippen LogP contribution in [0.25, 0.3) is 0 Å². The Kier molecular flexibility index (Phi) is 11.7. The number of nitrogens with zero attached hydrogens (tertiary/aromatic N) is 3. The van der Waals surface area contributed by atoms with Gasteiger partial charge in [-0.1, -0.05) is 39.8 Å². The molecule has 3 aliphatic rings. The number of oxime groups is 1. The van der Waals surface area contributed by atoms with Gasteiger partial charge in [-0.2, -0.15) is 0 Å². The number of ether oxygens (including phenoxy) is 4. The van der Waals surface area contributed by atoms with Gasteiger partial charge in [-0.25, -0.2) is 10.6 Å². The molecule has 0 saturated carbocycles. The van der Waals surface area contributed by atoms with Crippen LogP contribution in [0.4, 0.5) is 4.79 Å². The number of nitrogens with two attached hydrogens (primary N) is 1. The standard InChI is InChI=1S/C32H57N5O8/c1-16-15-31(7,8)27(45-29-25(41-12)22(36(10)11)14-17(2)43-29)19(4)24(38)20(5)28(39)44-21(6)32(9)26(37(33)30(40)34-32)18(3)23(16)35-42-13/h16-22,25-27,29H,14-15,33H2,1-13H3,(H,34,40)/b35-23+/t16?,17-,18?,19+,20-,21-,22?,25?,26?,27?,29?,32?/m1/s1. The molecule has 0 bridgehead atoms. The summed E-state index contributed by atoms with van der Waals surface area (Å²) in [6.07, 6.45) is -1.48. The summed E-state index contributed by atoms with van der Waals surface area (Å²) in [4.78, 5) is 48.0. The zero-order valence-electron chi connectivity index (χ0n) is 29.5. The Hall–Kier alpha value is -2.32. The monoisotopic (exact) mass is 639 g/mol. The summed E-state index contributed by atoms with van der Waals surface area (Å²) in [5, 5.41) is 8.52. The number of cyclic esters (lactones) is 1. The molecule has 0 aliphatic carbocycles. The Morgan fingerprint density at radius 2 is 1.64 bits per heavy atom. The third-order valence-electron chi connectivity index (χ3n) is 10.4. The largest absolute Gasteiger partial charge is 0.460 e. The van der Waals surface area contributed by atoms with Crippen LogP contribution in [0.5, 0.6) is 0 Å². The van der Waals surface area contributed by atoms with Crippen molar-refractivity contribution in [1.82, 2.24) is 15.2 Å². The predicted molar refractivity (Wildman–Crippen MR) is 169 cm³/mol. The Bertz CT molecular complexity index is 1120. The normalized spacial score (nSPS) is 42.6. The molecule has 13 heteroatoms. The molecule has 8 unspecified atom stereocenters. The zero-order chi connectivity index (χ0) is 34.2. The molecule has 3 N–H and O–H groups in total. The van der Waals surface area contributed by atoms with Crippen LogP contribution in [-0.4, -0.2) is 110 Å². The lowest BCUT2D eigenvalue weighted by Gasteiger charge is -2.47. The number of amides is 2. The number of fused-ring (bicyclic) bond motifs is 1. The maximum Gasteiger partial charge on any atom is 0.332 e. The molecule has 3 saturated heterocycles. The first-order chi connectivity index (χ1) is 20.8. The summed E-state index contributed by atoms with van der Waals surface area (Å²) in [6, 6.07) is -1.11. The van der Waals surface area contributed by atoms with Crippen molar-refractivity contribution in [3.05, 3.63) is 0 Å². The summed E-state index contributed by atoms with van der Waals surface area (Å²) in [5.74, 6) is 2.97. The number of likely N-dealkylation sites (N-methyl/N-ethyl adjacent to an activating group) is 1. The van der Waals surface area contributed by atoms with Crippen molar-refractivity contribution < 1.29 is 38.2 Å². The number of hydrazine groups is 1. The van der Waals surface area contributed by atoms with Gasteiger partial charge in [-0.3, -0.25) is 14.6 Å². The zero-order valence-corrected chi connectivity index (χ0v) is 29.5. The molecule has 0 aromatic carbocycles. The van der Waals surface area contributed by atoms with Crippen LogP contribution >= 0.6 is 0 Å². The fraction of sp³-hybridized carbons (Fsp3) is 0.875. The maximum absolute atomic E-state index is 14.1. The highest BCUT2D eigenvalue weighted by Crippen LogP contribution is 2.42. The van der Waals surface area contributed by atoms with E-state index < -0.39 is 71.4 Å². The van der Waals surface area contributed by atoms with Gasteiger partial charge >= 0.3 is 12.0 Å². The molecular formula is C32H57N5O8. The summed E-state index contributed by atoms with van der Waals surface area (Å²) in [6.45, 7) is 16.9. The summed E-state index contributed by atoms with van der Waals surface area (Å²) >= 11 is 0. The highest BCUT2D eigenvalue weighted by atomic mass is 16.7. The third-order valence-corrected chi connectivity index (χ3v) is 10.4. The topological polar surface area (TPSA) is 154 Å². The van der Waals surface area contributed by atoms with E-state index in [0.717, 1.165) is 11.4 Å². The number of hydrogen-bond donors (Lipinski definition) is 2. The van der Waals surface area contributed by atoms with Gasteiger partial charge in [0.25, 0.3) is 0 Å². The quantitative estimate of drug-likeness (QED) is 0.151. The molecule has 3 rings (SSSR count). The first kappa shape index (κ1) is 37.1. The van der Waals surface area contributed by atoms with Crippen molar-refractivity contribution in [3.63, 3.8) is 0 Å². The molecule has 45 heavy (non-hydrogen) atoms. The van der Waals surface area contributed by atoms with Gasteiger partial charge in [0.15, 0.2) is 12.1 Å². The van der Waals surface area contributed by atoms with Crippen LogP contribution in [-0.2, 0) is 33.4 Å². The van der Waals surface area contributed by atoms with Crippen LogP contribution in [0.15, 0.2) is 5.16 Å². The van der Waals surface area contributed by atoms with Crippen molar-refractivity contribution in [2.45, 2.75) is 123 Å². The second-order valence-corrected chi connectivity index (χ2v) is 14.5. The van der Waals surface area contributed by atoms with Crippen molar-refractivity contribution in [1.29, 1.82) is 0 Å². The molecular weight excluding hydrogens is 582 g/mol. The molecule has 3 aliphatic heterocycles. The van der Waals surface area contributed by atoms with Crippen molar-refractivity contribution in [3.8, 4) is 0 Å². The second-order valence-electron chi connectivity index (χ2n) is 14.5. The highest BCUT2D eigenvalue weighted by molar-refractivity contribution is 6.00. The van der Waals surface area contributed by atoms with E-state index in [2.05, 4.69) is 15.4 Å². The first-order valence-electron chi connectivity index (χ1n) is 16.0. The predicted octanol–water partition coefficient (Wildman–Crippen LogP) is 2.96. The average Bonchev–Trinajstić information content (AvgIpc) is 3.19. The molecule has 3 heterocycles. The Morgan fingerprint density at radius 1 is 1.02 bits per heavy atom. The van der Waals surface area contributed by atoms with Gasteiger partial charge in [-0.05, 0) is 66.0 Å². The minimum absolute atomic E-state index is 0.0308. The molecule has 258 valence electrons. The second kappa shape index (κ2) is 14.2. The number of nitrogens with one attached hydrogen (secondary N) is 1. The van der Waals surface area contributed by atoms with E-state index in [0.29, 0.717) is 12.1 Å². The molecule has 0 spiro atoms. The summed E-state index contributed by atoms with van der Waals surface area (Å²) < 4.78 is 25.0. The molecule has 0 radical (unpaired) electrons. The Labute approximate surface area is 268 Å². The fourth-order valence-corrected chi connectivity index (χ4v) is 7.87. The smallest absolute Gasteiger partial charge is 0.332 e. The SMILES string of the molecule is CO/N=C1\C(C)CC(C)(C)C(OC2O[C@H](C)CC(N(C)C)C2OC)[C@@H](C)C(=O)[C@@H](C)C(=O)O[C@H](C)C2(C)NC(=O)N(N)C2C1C. The minimum atomic E-state index is -1.08. The van der Waals surface area contributed by atoms with E-state index in [1.165, 1.54) is 7.11 Å². The number of carbonyl (C=O) groups excluding carboxylic acids is 3. The molecule has 3 fully saturated rings. The van der Waals surface area contributed by atoms with Crippen molar-refractivity contribution in [2.75, 3.05) is 28.3 Å². The number of urea groups is 1. The van der Waals surface area contributed by atoms with E-state index in [4.69, 9.17) is 29.6 Å². The van der Waals surface area contributed by atoms with Gasteiger partial charge < -0.3 is 34.0 Å². The van der Waals surface area contributed by atoms with Crippen LogP contribution in [0, 0.1) is 29.1 Å². The Balaban J connectivity index is 2.13. The van der Waals surface area contributed by atoms with E-state index in [9.17, 15) is 14.4 Å². The number of rotatable bonds is 5. The van der Waals surface area contributed by atoms with Crippen molar-refractivity contribution >= 4 is 23.5 Å². The summed E-state index contributed by atoms with van der Waals surface area (Å²) in [7, 11) is 7.11. The number of Topliss-reactive ketones (excluding diaryl/α,β-unsaturated/α-hetero) is 1. The lowest BCUT2D eigenvalue weighted by atomic mass is 9.69. The van der Waals surface area contributed by atoms with Crippen molar-refractivity contribution in [2.24, 2.45) is 40.1 Å². The number of carbonyl (C=O) groups is 3. The van der Waals surface area contributed by atoms with E-state index in [-0.39, 0.29) is 23.8 Å². The van der Waals surface area contributed by atoms with Crippen LogP contribution < -0.4 is 11.2 Å². The van der Waals surface area contributed by atoms with Crippen LogP contribution in [0.1, 0.15) is 75.2 Å². The Morgan fingerprint density at radius 3 is 2.20 bits per heavy atom. The first-order valence-corrected chi connectivity index (χ1v) is 16.0. The van der Waals surface area contributed by atoms with E-state index in [1.54, 1.807) is 34.8 Å². The summed E-state index contributed by atoms with van der Waals surface area (Å²) in [5.41, 5.74) is -1.04. The molecule has 0 aromatic rings. The van der Waals surface area contributed by atoms with Gasteiger partial charge in [0, 0.05) is 25.0 Å². The van der Waals surface area contributed by atoms with Gasteiger partial charge in [0.2, 0.25) is 0 Å². The average molecular weight is 640 g/mol. The van der Waals surface area contributed by atoms with Crippen LogP contribution in [0.3, 0.4) is 0 Å². The number of hydrogen-bond acceptors (Lipinski definition) is 11. The highest BCUT2D eigenvalue weighted by Gasteiger charge is 2.57. The molecule has 2 amide bonds. The number of ketones is 1. The number of esters is 1. The fourth-order valence-electron chi connectivity index (χ4n) is 7.87. The maximum atomic E-state index is 14.1. The van der Waals surface area contributed by atoms with Gasteiger partial charge in [0.1, 0.15) is 25.2 Å². The number of methoxy groups -OCH3 is 1. The molecule has 0 aromatic heterocycles.